The highest BCUT2D eigenvalue weighted by Crippen LogP contribution is 2.32. The van der Waals surface area contributed by atoms with Gasteiger partial charge in [0, 0.05) is 42.9 Å². The molecular formula is C27H28N4O3. The van der Waals surface area contributed by atoms with Crippen LogP contribution in [0.2, 0.25) is 0 Å². The Morgan fingerprint density at radius 1 is 1.06 bits per heavy atom. The second-order valence-electron chi connectivity index (χ2n) is 9.13. The van der Waals surface area contributed by atoms with Gasteiger partial charge in [-0.25, -0.2) is 4.98 Å². The minimum absolute atomic E-state index is 0.166. The molecule has 1 atom stereocenters. The Morgan fingerprint density at radius 2 is 1.82 bits per heavy atom. The van der Waals surface area contributed by atoms with Crippen LogP contribution < -0.4 is 5.32 Å². The topological polar surface area (TPSA) is 84.3 Å². The summed E-state index contributed by atoms with van der Waals surface area (Å²) in [6.07, 6.45) is 6.06. The normalized spacial score (nSPS) is 17.8. The highest BCUT2D eigenvalue weighted by Gasteiger charge is 2.39. The molecule has 174 valence electrons. The van der Waals surface area contributed by atoms with E-state index in [0.29, 0.717) is 18.5 Å². The van der Waals surface area contributed by atoms with Gasteiger partial charge in [-0.1, -0.05) is 43.7 Å². The number of unbranched alkanes of at least 4 members (excludes halogenated alkanes) is 1. The number of piperidine rings is 1. The van der Waals surface area contributed by atoms with Crippen LogP contribution in [0.1, 0.15) is 54.1 Å². The van der Waals surface area contributed by atoms with Gasteiger partial charge in [0.2, 0.25) is 11.8 Å². The molecular weight excluding hydrogens is 428 g/mol. The van der Waals surface area contributed by atoms with Gasteiger partial charge in [-0.05, 0) is 42.5 Å². The van der Waals surface area contributed by atoms with Crippen molar-refractivity contribution in [1.82, 2.24) is 19.8 Å². The third-order valence-corrected chi connectivity index (χ3v) is 6.73. The predicted molar refractivity (Wildman–Crippen MR) is 129 cm³/mol. The molecule has 2 aliphatic rings. The molecule has 1 fully saturated rings. The number of nitrogens with one attached hydrogen (secondary N) is 1. The molecule has 3 aromatic rings. The van der Waals surface area contributed by atoms with Crippen LogP contribution in [0.4, 0.5) is 0 Å². The quantitative estimate of drug-likeness (QED) is 0.571. The Bertz CT molecular complexity index is 1280. The van der Waals surface area contributed by atoms with Crippen LogP contribution in [0, 0.1) is 0 Å². The Balaban J connectivity index is 1.38. The van der Waals surface area contributed by atoms with E-state index in [9.17, 15) is 14.4 Å². The van der Waals surface area contributed by atoms with E-state index in [4.69, 9.17) is 4.98 Å². The number of amides is 3. The van der Waals surface area contributed by atoms with E-state index in [-0.39, 0.29) is 18.2 Å². The van der Waals surface area contributed by atoms with E-state index < -0.39 is 11.9 Å². The number of benzene rings is 2. The molecule has 7 nitrogen and oxygen atoms in total. The highest BCUT2D eigenvalue weighted by atomic mass is 16.2. The molecule has 1 saturated heterocycles. The average molecular weight is 457 g/mol. The summed E-state index contributed by atoms with van der Waals surface area (Å²) in [7, 11) is 1.98. The second-order valence-corrected chi connectivity index (χ2v) is 9.13. The summed E-state index contributed by atoms with van der Waals surface area (Å²) in [5, 5.41) is 2.34. The van der Waals surface area contributed by atoms with Crippen molar-refractivity contribution in [2.45, 2.75) is 51.6 Å². The molecule has 1 unspecified atom stereocenters. The molecule has 1 N–H and O–H groups in total. The van der Waals surface area contributed by atoms with E-state index in [1.165, 1.54) is 18.4 Å². The number of carbonyl (C=O) groups is 3. The van der Waals surface area contributed by atoms with E-state index in [2.05, 4.69) is 36.5 Å². The zero-order valence-electron chi connectivity index (χ0n) is 19.5. The van der Waals surface area contributed by atoms with Gasteiger partial charge in [0.25, 0.3) is 5.91 Å². The molecule has 3 amide bonds. The molecule has 2 aliphatic heterocycles. The van der Waals surface area contributed by atoms with Gasteiger partial charge < -0.3 is 9.47 Å². The van der Waals surface area contributed by atoms with Crippen molar-refractivity contribution < 1.29 is 14.4 Å². The number of rotatable bonds is 6. The van der Waals surface area contributed by atoms with Gasteiger partial charge in [-0.2, -0.15) is 0 Å². The van der Waals surface area contributed by atoms with Gasteiger partial charge >= 0.3 is 0 Å². The lowest BCUT2D eigenvalue weighted by Gasteiger charge is -2.29. The second kappa shape index (κ2) is 8.89. The number of aryl methyl sites for hydroxylation is 2. The van der Waals surface area contributed by atoms with Crippen molar-refractivity contribution in [2.24, 2.45) is 7.05 Å². The SMILES string of the molecule is CCCCc1ccc(-c2nc(-c3ccc4c(c3)CN(C3CCC(=O)NC3=O)C4=O)cn2C)cc1. The van der Waals surface area contributed by atoms with E-state index in [1.807, 2.05) is 36.0 Å². The number of nitrogens with zero attached hydrogens (tertiary/aromatic N) is 3. The third-order valence-electron chi connectivity index (χ3n) is 6.73. The molecule has 0 saturated carbocycles. The van der Waals surface area contributed by atoms with Gasteiger partial charge in [0.1, 0.15) is 11.9 Å². The Hall–Kier alpha value is -3.74. The number of imidazole rings is 1. The zero-order valence-corrected chi connectivity index (χ0v) is 19.5. The number of hydrogen-bond acceptors (Lipinski definition) is 4. The van der Waals surface area contributed by atoms with Crippen molar-refractivity contribution in [2.75, 3.05) is 0 Å². The highest BCUT2D eigenvalue weighted by molar-refractivity contribution is 6.05. The largest absolute Gasteiger partial charge is 0.333 e. The number of fused-ring (bicyclic) bond motifs is 1. The van der Waals surface area contributed by atoms with Gasteiger partial charge in [0.15, 0.2) is 0 Å². The van der Waals surface area contributed by atoms with E-state index in [1.54, 1.807) is 4.90 Å². The zero-order chi connectivity index (χ0) is 23.8. The Labute approximate surface area is 198 Å². The van der Waals surface area contributed by atoms with E-state index >= 15 is 0 Å². The first kappa shape index (κ1) is 22.1. The minimum atomic E-state index is -0.609. The fourth-order valence-electron chi connectivity index (χ4n) is 4.81. The van der Waals surface area contributed by atoms with Gasteiger partial charge in [-0.15, -0.1) is 0 Å². The molecule has 5 rings (SSSR count). The summed E-state index contributed by atoms with van der Waals surface area (Å²) in [4.78, 5) is 43.2. The maximum absolute atomic E-state index is 12.9. The fraction of sp³-hybridized carbons (Fsp3) is 0.333. The van der Waals surface area contributed by atoms with Crippen LogP contribution in [0.15, 0.2) is 48.7 Å². The van der Waals surface area contributed by atoms with Gasteiger partial charge in [-0.3, -0.25) is 19.7 Å². The van der Waals surface area contributed by atoms with Crippen LogP contribution in [-0.2, 0) is 29.6 Å². The molecule has 7 heteroatoms. The average Bonchev–Trinajstić information content (AvgIpc) is 3.38. The first-order valence-corrected chi connectivity index (χ1v) is 11.8. The van der Waals surface area contributed by atoms with Crippen LogP contribution in [0.3, 0.4) is 0 Å². The van der Waals surface area contributed by atoms with Gasteiger partial charge in [0.05, 0.1) is 5.69 Å². The van der Waals surface area contributed by atoms with E-state index in [0.717, 1.165) is 34.6 Å². The molecule has 3 heterocycles. The van der Waals surface area contributed by atoms with Crippen molar-refractivity contribution in [3.63, 3.8) is 0 Å². The van der Waals surface area contributed by atoms with Crippen LogP contribution >= 0.6 is 0 Å². The lowest BCUT2D eigenvalue weighted by molar-refractivity contribution is -0.136. The lowest BCUT2D eigenvalue weighted by Crippen LogP contribution is -2.52. The monoisotopic (exact) mass is 456 g/mol. The number of carbonyl (C=O) groups excluding carboxylic acids is 3. The minimum Gasteiger partial charge on any atom is -0.333 e. The van der Waals surface area contributed by atoms with Crippen LogP contribution in [0.25, 0.3) is 22.6 Å². The molecule has 0 radical (unpaired) electrons. The fourth-order valence-corrected chi connectivity index (χ4v) is 4.81. The summed E-state index contributed by atoms with van der Waals surface area (Å²) < 4.78 is 2.02. The van der Waals surface area contributed by atoms with Crippen molar-refractivity contribution in [3.05, 3.63) is 65.4 Å². The molecule has 34 heavy (non-hydrogen) atoms. The molecule has 0 spiro atoms. The first-order chi connectivity index (χ1) is 16.4. The summed E-state index contributed by atoms with van der Waals surface area (Å²) in [6, 6.07) is 13.7. The molecule has 0 bridgehead atoms. The first-order valence-electron chi connectivity index (χ1n) is 11.8. The Kier molecular flexibility index (Phi) is 5.77. The predicted octanol–water partition coefficient (Wildman–Crippen LogP) is 3.86. The lowest BCUT2D eigenvalue weighted by atomic mass is 10.0. The van der Waals surface area contributed by atoms with Crippen molar-refractivity contribution in [3.8, 4) is 22.6 Å². The summed E-state index contributed by atoms with van der Waals surface area (Å²) in [5.41, 5.74) is 5.64. The number of imide groups is 1. The van der Waals surface area contributed by atoms with Crippen LogP contribution in [0.5, 0.6) is 0 Å². The molecule has 2 aromatic carbocycles. The Morgan fingerprint density at radius 3 is 2.56 bits per heavy atom. The summed E-state index contributed by atoms with van der Waals surface area (Å²) in [6.45, 7) is 2.55. The third kappa shape index (κ3) is 4.02. The standard InChI is InChI=1S/C27H28N4O3/c1-3-4-5-17-6-8-18(9-7-17)25-28-22(16-30(25)2)19-10-11-21-20(14-19)15-31(27(21)34)23-12-13-24(32)29-26(23)33/h6-11,14,16,23H,3-5,12-13,15H2,1-2H3,(H,29,32,33). The summed E-state index contributed by atoms with van der Waals surface area (Å²) in [5.74, 6) is 0.0432. The van der Waals surface area contributed by atoms with Crippen molar-refractivity contribution in [1.29, 1.82) is 0 Å². The maximum Gasteiger partial charge on any atom is 0.255 e. The maximum atomic E-state index is 12.9. The number of aromatic nitrogens is 2. The smallest absolute Gasteiger partial charge is 0.255 e. The van der Waals surface area contributed by atoms with Crippen molar-refractivity contribution >= 4 is 17.7 Å². The molecule has 0 aliphatic carbocycles. The molecule has 1 aromatic heterocycles. The summed E-state index contributed by atoms with van der Waals surface area (Å²) >= 11 is 0. The van der Waals surface area contributed by atoms with Crippen LogP contribution in [-0.4, -0.2) is 38.2 Å². The number of hydrogen-bond donors (Lipinski definition) is 1.